The summed E-state index contributed by atoms with van der Waals surface area (Å²) in [5.74, 6) is -0.913. The van der Waals surface area contributed by atoms with E-state index in [9.17, 15) is 4.79 Å². The molecule has 1 aromatic carbocycles. The van der Waals surface area contributed by atoms with Gasteiger partial charge in [0.1, 0.15) is 0 Å². The Kier molecular flexibility index (Phi) is 2.68. The van der Waals surface area contributed by atoms with Gasteiger partial charge < -0.3 is 5.11 Å². The van der Waals surface area contributed by atoms with Crippen LogP contribution >= 0.6 is 0 Å². The maximum absolute atomic E-state index is 10.7. The molecule has 0 amide bonds. The van der Waals surface area contributed by atoms with Crippen molar-refractivity contribution < 1.29 is 9.90 Å². The monoisotopic (exact) mass is 213 g/mol. The average Bonchev–Trinajstić information content (AvgIpc) is 2.29. The van der Waals surface area contributed by atoms with Crippen molar-refractivity contribution in [3.05, 3.63) is 53.7 Å². The van der Waals surface area contributed by atoms with Crippen molar-refractivity contribution in [3.8, 4) is 11.3 Å². The molecule has 1 aromatic heterocycles. The summed E-state index contributed by atoms with van der Waals surface area (Å²) in [4.78, 5) is 14.9. The molecule has 2 rings (SSSR count). The average molecular weight is 213 g/mol. The molecule has 80 valence electrons. The summed E-state index contributed by atoms with van der Waals surface area (Å²) in [6.07, 6.45) is 1.75. The van der Waals surface area contributed by atoms with Crippen molar-refractivity contribution in [2.24, 2.45) is 0 Å². The zero-order valence-corrected chi connectivity index (χ0v) is 8.84. The van der Waals surface area contributed by atoms with Crippen molar-refractivity contribution in [1.29, 1.82) is 0 Å². The number of aromatic nitrogens is 1. The quantitative estimate of drug-likeness (QED) is 0.834. The number of pyridine rings is 1. The molecule has 0 saturated carbocycles. The zero-order valence-electron chi connectivity index (χ0n) is 8.84. The number of aromatic carboxylic acids is 1. The van der Waals surface area contributed by atoms with Crippen molar-refractivity contribution in [3.63, 3.8) is 0 Å². The van der Waals surface area contributed by atoms with E-state index in [2.05, 4.69) is 4.98 Å². The highest BCUT2D eigenvalue weighted by atomic mass is 16.4. The predicted molar refractivity (Wildman–Crippen MR) is 61.4 cm³/mol. The van der Waals surface area contributed by atoms with Crippen LogP contribution in [-0.2, 0) is 0 Å². The van der Waals surface area contributed by atoms with Gasteiger partial charge in [-0.3, -0.25) is 4.98 Å². The van der Waals surface area contributed by atoms with Gasteiger partial charge in [0.15, 0.2) is 0 Å². The minimum Gasteiger partial charge on any atom is -0.478 e. The number of carboxylic acids is 1. The second-order valence-electron chi connectivity index (χ2n) is 3.60. The van der Waals surface area contributed by atoms with Gasteiger partial charge in [0.05, 0.1) is 11.3 Å². The molecule has 0 bridgehead atoms. The fourth-order valence-electron chi connectivity index (χ4n) is 1.48. The molecular weight excluding hydrogens is 202 g/mol. The molecule has 0 fully saturated rings. The Labute approximate surface area is 93.4 Å². The topological polar surface area (TPSA) is 50.2 Å². The van der Waals surface area contributed by atoms with E-state index < -0.39 is 5.97 Å². The molecule has 3 heteroatoms. The smallest absolute Gasteiger partial charge is 0.335 e. The number of hydrogen-bond acceptors (Lipinski definition) is 2. The highest BCUT2D eigenvalue weighted by Gasteiger charge is 2.03. The summed E-state index contributed by atoms with van der Waals surface area (Å²) >= 11 is 0. The van der Waals surface area contributed by atoms with E-state index in [1.165, 1.54) is 0 Å². The van der Waals surface area contributed by atoms with Crippen molar-refractivity contribution in [2.75, 3.05) is 0 Å². The Morgan fingerprint density at radius 3 is 2.44 bits per heavy atom. The van der Waals surface area contributed by atoms with E-state index in [-0.39, 0.29) is 5.56 Å². The minimum absolute atomic E-state index is 0.288. The maximum atomic E-state index is 10.7. The first-order valence-electron chi connectivity index (χ1n) is 4.93. The molecule has 3 nitrogen and oxygen atoms in total. The Balaban J connectivity index is 2.38. The van der Waals surface area contributed by atoms with Gasteiger partial charge in [-0.15, -0.1) is 0 Å². The number of rotatable bonds is 2. The highest BCUT2D eigenvalue weighted by Crippen LogP contribution is 2.18. The number of nitrogens with zero attached hydrogens (tertiary/aromatic N) is 1. The molecular formula is C13H11NO2. The van der Waals surface area contributed by atoms with Gasteiger partial charge in [-0.25, -0.2) is 4.79 Å². The predicted octanol–water partition coefficient (Wildman–Crippen LogP) is 2.76. The van der Waals surface area contributed by atoms with E-state index in [0.29, 0.717) is 0 Å². The Morgan fingerprint density at radius 1 is 1.19 bits per heavy atom. The normalized spacial score (nSPS) is 10.1. The van der Waals surface area contributed by atoms with E-state index in [0.717, 1.165) is 16.8 Å². The van der Waals surface area contributed by atoms with Crippen molar-refractivity contribution in [2.45, 2.75) is 6.92 Å². The lowest BCUT2D eigenvalue weighted by atomic mass is 10.1. The summed E-state index contributed by atoms with van der Waals surface area (Å²) in [5, 5.41) is 8.77. The summed E-state index contributed by atoms with van der Waals surface area (Å²) in [5.41, 5.74) is 3.20. The van der Waals surface area contributed by atoms with Crippen LogP contribution in [0.3, 0.4) is 0 Å². The van der Waals surface area contributed by atoms with Crippen molar-refractivity contribution >= 4 is 5.97 Å². The molecule has 0 spiro atoms. The molecule has 2 aromatic rings. The van der Waals surface area contributed by atoms with E-state index in [4.69, 9.17) is 5.11 Å². The van der Waals surface area contributed by atoms with E-state index in [1.807, 2.05) is 19.1 Å². The number of carboxylic acid groups (broad SMARTS) is 1. The lowest BCUT2D eigenvalue weighted by Crippen LogP contribution is -1.95. The fraction of sp³-hybridized carbons (Fsp3) is 0.0769. The van der Waals surface area contributed by atoms with Gasteiger partial charge in [-0.1, -0.05) is 12.1 Å². The second-order valence-corrected chi connectivity index (χ2v) is 3.60. The van der Waals surface area contributed by atoms with Gasteiger partial charge in [0.2, 0.25) is 0 Å². The Bertz CT molecular complexity index is 518. The minimum atomic E-state index is -0.913. The molecule has 1 heterocycles. The molecule has 0 radical (unpaired) electrons. The molecule has 0 aliphatic heterocycles. The first-order valence-corrected chi connectivity index (χ1v) is 4.93. The molecule has 0 saturated heterocycles. The van der Waals surface area contributed by atoms with Crippen LogP contribution < -0.4 is 0 Å². The number of aryl methyl sites for hydroxylation is 1. The van der Waals surface area contributed by atoms with E-state index >= 15 is 0 Å². The van der Waals surface area contributed by atoms with Crippen molar-refractivity contribution in [1.82, 2.24) is 4.98 Å². The largest absolute Gasteiger partial charge is 0.478 e. The second kappa shape index (κ2) is 4.14. The SMILES string of the molecule is Cc1ccnc(-c2ccc(C(=O)O)cc2)c1. The summed E-state index contributed by atoms with van der Waals surface area (Å²) in [7, 11) is 0. The van der Waals surface area contributed by atoms with Gasteiger partial charge in [0.25, 0.3) is 0 Å². The first-order chi connectivity index (χ1) is 7.66. The molecule has 1 N–H and O–H groups in total. The summed E-state index contributed by atoms with van der Waals surface area (Å²) in [6, 6.07) is 10.6. The van der Waals surface area contributed by atoms with Crippen LogP contribution in [0.4, 0.5) is 0 Å². The lowest BCUT2D eigenvalue weighted by Gasteiger charge is -2.02. The first kappa shape index (κ1) is 10.4. The number of carbonyl (C=O) groups is 1. The molecule has 0 unspecified atom stereocenters. The third-order valence-corrected chi connectivity index (χ3v) is 2.34. The standard InChI is InChI=1S/C13H11NO2/c1-9-6-7-14-12(8-9)10-2-4-11(5-3-10)13(15)16/h2-8H,1H3,(H,15,16). The number of hydrogen-bond donors (Lipinski definition) is 1. The third-order valence-electron chi connectivity index (χ3n) is 2.34. The van der Waals surface area contributed by atoms with Crippen LogP contribution in [0.15, 0.2) is 42.6 Å². The molecule has 0 aliphatic carbocycles. The van der Waals surface area contributed by atoms with Gasteiger partial charge in [-0.05, 0) is 36.8 Å². The van der Waals surface area contributed by atoms with E-state index in [1.54, 1.807) is 30.5 Å². The van der Waals surface area contributed by atoms with Crippen LogP contribution in [-0.4, -0.2) is 16.1 Å². The van der Waals surface area contributed by atoms with Crippen LogP contribution in [0.1, 0.15) is 15.9 Å². The van der Waals surface area contributed by atoms with Crippen LogP contribution in [0, 0.1) is 6.92 Å². The van der Waals surface area contributed by atoms with Gasteiger partial charge in [0, 0.05) is 11.8 Å². The summed E-state index contributed by atoms with van der Waals surface area (Å²) < 4.78 is 0. The fourth-order valence-corrected chi connectivity index (χ4v) is 1.48. The van der Waals surface area contributed by atoms with Gasteiger partial charge in [-0.2, -0.15) is 0 Å². The zero-order chi connectivity index (χ0) is 11.5. The van der Waals surface area contributed by atoms with Crippen LogP contribution in [0.25, 0.3) is 11.3 Å². The molecule has 0 aliphatic rings. The molecule has 0 atom stereocenters. The van der Waals surface area contributed by atoms with Crippen LogP contribution in [0.5, 0.6) is 0 Å². The summed E-state index contributed by atoms with van der Waals surface area (Å²) in [6.45, 7) is 2.00. The maximum Gasteiger partial charge on any atom is 0.335 e. The third kappa shape index (κ3) is 2.08. The molecule has 16 heavy (non-hydrogen) atoms. The van der Waals surface area contributed by atoms with Crippen LogP contribution in [0.2, 0.25) is 0 Å². The lowest BCUT2D eigenvalue weighted by molar-refractivity contribution is 0.0697. The Hall–Kier alpha value is -2.16. The highest BCUT2D eigenvalue weighted by molar-refractivity contribution is 5.88. The number of benzene rings is 1. The Morgan fingerprint density at radius 2 is 1.88 bits per heavy atom. The van der Waals surface area contributed by atoms with Gasteiger partial charge >= 0.3 is 5.97 Å².